The van der Waals surface area contributed by atoms with Gasteiger partial charge in [-0.3, -0.25) is 14.5 Å². The first-order valence-electron chi connectivity index (χ1n) is 12.8. The highest BCUT2D eigenvalue weighted by molar-refractivity contribution is 8.01. The van der Waals surface area contributed by atoms with E-state index in [1.165, 1.54) is 18.2 Å². The van der Waals surface area contributed by atoms with Crippen LogP contribution < -0.4 is 10.1 Å². The molecule has 0 radical (unpaired) electrons. The van der Waals surface area contributed by atoms with Crippen LogP contribution >= 0.6 is 11.8 Å². The number of methoxy groups -OCH3 is 1. The minimum Gasteiger partial charge on any atom is -0.497 e. The molecule has 0 aliphatic carbocycles. The maximum atomic E-state index is 13.0. The van der Waals surface area contributed by atoms with Gasteiger partial charge in [-0.15, -0.1) is 11.8 Å². The van der Waals surface area contributed by atoms with E-state index >= 15 is 0 Å². The van der Waals surface area contributed by atoms with Crippen molar-refractivity contribution in [3.63, 3.8) is 0 Å². The van der Waals surface area contributed by atoms with Gasteiger partial charge in [0.2, 0.25) is 5.91 Å². The molecule has 0 saturated heterocycles. The van der Waals surface area contributed by atoms with Crippen molar-refractivity contribution in [2.45, 2.75) is 76.8 Å². The summed E-state index contributed by atoms with van der Waals surface area (Å²) < 4.78 is 15.7. The second-order valence-corrected chi connectivity index (χ2v) is 12.7. The van der Waals surface area contributed by atoms with E-state index in [1.807, 2.05) is 95.8 Å². The monoisotopic (exact) mass is 553 g/mol. The molecule has 8 nitrogen and oxygen atoms in total. The van der Waals surface area contributed by atoms with Crippen LogP contribution in [0.4, 0.5) is 5.69 Å². The zero-order valence-electron chi connectivity index (χ0n) is 24.1. The summed E-state index contributed by atoms with van der Waals surface area (Å²) in [5.74, 6) is 1.07. The fourth-order valence-corrected chi connectivity index (χ4v) is 4.79. The molecular weight excluding hydrogens is 514 g/mol. The first-order valence-corrected chi connectivity index (χ1v) is 13.6. The lowest BCUT2D eigenvalue weighted by atomic mass is 10.1. The van der Waals surface area contributed by atoms with E-state index in [0.717, 1.165) is 38.9 Å². The van der Waals surface area contributed by atoms with Crippen LogP contribution in [-0.2, 0) is 27.4 Å². The summed E-state index contributed by atoms with van der Waals surface area (Å²) >= 11 is 1.46. The van der Waals surface area contributed by atoms with Crippen molar-refractivity contribution in [2.75, 3.05) is 19.0 Å². The quantitative estimate of drug-likeness (QED) is 0.223. The lowest BCUT2D eigenvalue weighted by molar-refractivity contribution is -0.156. The van der Waals surface area contributed by atoms with Crippen molar-refractivity contribution in [3.8, 4) is 5.75 Å². The molecule has 3 rings (SSSR count). The van der Waals surface area contributed by atoms with Crippen LogP contribution in [0.2, 0.25) is 0 Å². The minimum atomic E-state index is -0.734. The third-order valence-electron chi connectivity index (χ3n) is 5.88. The summed E-state index contributed by atoms with van der Waals surface area (Å²) in [6.07, 6.45) is 1.42. The van der Waals surface area contributed by atoms with Gasteiger partial charge in [-0.25, -0.2) is 4.98 Å². The summed E-state index contributed by atoms with van der Waals surface area (Å²) in [6, 6.07) is 13.6. The van der Waals surface area contributed by atoms with Gasteiger partial charge in [0, 0.05) is 17.1 Å². The molecule has 0 unspecified atom stereocenters. The number of nitrogens with one attached hydrogen (secondary N) is 1. The summed E-state index contributed by atoms with van der Waals surface area (Å²) in [5.41, 5.74) is 2.94. The van der Waals surface area contributed by atoms with Crippen LogP contribution in [-0.4, -0.2) is 45.8 Å². The van der Waals surface area contributed by atoms with Gasteiger partial charge in [0.05, 0.1) is 25.9 Å². The predicted molar refractivity (Wildman–Crippen MR) is 154 cm³/mol. The number of anilines is 1. The number of esters is 1. The number of carbonyl (C=O) groups excluding carboxylic acids is 2. The van der Waals surface area contributed by atoms with Gasteiger partial charge in [-0.05, 0) is 89.9 Å². The van der Waals surface area contributed by atoms with Crippen molar-refractivity contribution in [1.82, 2.24) is 9.88 Å². The Hall–Kier alpha value is -3.30. The number of amides is 1. The Morgan fingerprint density at radius 3 is 2.28 bits per heavy atom. The molecule has 0 bridgehead atoms. The number of ether oxygens (including phenoxy) is 2. The van der Waals surface area contributed by atoms with Crippen molar-refractivity contribution < 1.29 is 23.5 Å². The third kappa shape index (κ3) is 9.14. The SMILES string of the molecule is COc1ccc(NC(=O)CN(Cc2ccc(SC(C)(C)C(=O)OC(C)(C)C)cc2)Cc2ocnc2C)c(C)c1. The van der Waals surface area contributed by atoms with Crippen LogP contribution in [0.15, 0.2) is 58.2 Å². The molecule has 2 aromatic carbocycles. The molecule has 0 aliphatic rings. The highest BCUT2D eigenvalue weighted by atomic mass is 32.2. The number of benzene rings is 2. The van der Waals surface area contributed by atoms with Gasteiger partial charge >= 0.3 is 5.97 Å². The minimum absolute atomic E-state index is 0.133. The molecule has 1 N–H and O–H groups in total. The number of thioether (sulfide) groups is 1. The number of aromatic nitrogens is 1. The highest BCUT2D eigenvalue weighted by Crippen LogP contribution is 2.35. The first kappa shape index (κ1) is 30.2. The predicted octanol–water partition coefficient (Wildman–Crippen LogP) is 6.15. The van der Waals surface area contributed by atoms with E-state index in [0.29, 0.717) is 13.1 Å². The van der Waals surface area contributed by atoms with E-state index in [2.05, 4.69) is 10.3 Å². The van der Waals surface area contributed by atoms with Crippen LogP contribution in [0.3, 0.4) is 0 Å². The normalized spacial score (nSPS) is 11.9. The average Bonchev–Trinajstić information content (AvgIpc) is 3.24. The number of nitrogens with zero attached hydrogens (tertiary/aromatic N) is 2. The van der Waals surface area contributed by atoms with E-state index in [4.69, 9.17) is 13.9 Å². The van der Waals surface area contributed by atoms with E-state index in [-0.39, 0.29) is 18.4 Å². The Bertz CT molecular complexity index is 1280. The van der Waals surface area contributed by atoms with E-state index in [9.17, 15) is 9.59 Å². The number of carbonyl (C=O) groups is 2. The van der Waals surface area contributed by atoms with Gasteiger partial charge < -0.3 is 19.2 Å². The largest absolute Gasteiger partial charge is 0.497 e. The third-order valence-corrected chi connectivity index (χ3v) is 7.06. The zero-order chi connectivity index (χ0) is 28.8. The van der Waals surface area contributed by atoms with Crippen molar-refractivity contribution in [3.05, 3.63) is 71.4 Å². The topological polar surface area (TPSA) is 93.9 Å². The number of aryl methyl sites for hydroxylation is 2. The Morgan fingerprint density at radius 1 is 1.03 bits per heavy atom. The second-order valence-electron chi connectivity index (χ2n) is 11.0. The molecule has 9 heteroatoms. The first-order chi connectivity index (χ1) is 18.3. The number of oxazole rings is 1. The number of rotatable bonds is 11. The molecule has 0 aliphatic heterocycles. The van der Waals surface area contributed by atoms with E-state index in [1.54, 1.807) is 7.11 Å². The Balaban J connectivity index is 1.70. The van der Waals surface area contributed by atoms with Gasteiger partial charge in [0.15, 0.2) is 6.39 Å². The fourth-order valence-electron chi connectivity index (χ4n) is 3.80. The smallest absolute Gasteiger partial charge is 0.322 e. The van der Waals surface area contributed by atoms with Gasteiger partial charge in [0.1, 0.15) is 21.9 Å². The summed E-state index contributed by atoms with van der Waals surface area (Å²) in [4.78, 5) is 32.8. The van der Waals surface area contributed by atoms with Crippen LogP contribution in [0, 0.1) is 13.8 Å². The molecule has 0 spiro atoms. The van der Waals surface area contributed by atoms with Crippen molar-refractivity contribution >= 4 is 29.3 Å². The van der Waals surface area contributed by atoms with Crippen molar-refractivity contribution in [1.29, 1.82) is 0 Å². The van der Waals surface area contributed by atoms with Gasteiger partial charge in [-0.2, -0.15) is 0 Å². The molecule has 0 atom stereocenters. The van der Waals surface area contributed by atoms with Crippen LogP contribution in [0.25, 0.3) is 0 Å². The fraction of sp³-hybridized carbons (Fsp3) is 0.433. The molecular formula is C30H39N3O5S. The number of hydrogen-bond donors (Lipinski definition) is 1. The van der Waals surface area contributed by atoms with Gasteiger partial charge in [-0.1, -0.05) is 12.1 Å². The molecule has 3 aromatic rings. The zero-order valence-corrected chi connectivity index (χ0v) is 24.9. The summed E-state index contributed by atoms with van der Waals surface area (Å²) in [5, 5.41) is 3.00. The standard InChI is InChI=1S/C30H39N3O5S/c1-20-15-23(36-8)11-14-25(20)32-27(34)18-33(17-26-21(2)31-19-37-26)16-22-9-12-24(13-10-22)39-30(6,7)28(35)38-29(3,4)5/h9-15,19H,16-18H2,1-8H3,(H,32,34). The van der Waals surface area contributed by atoms with E-state index < -0.39 is 10.3 Å². The van der Waals surface area contributed by atoms with Crippen LogP contribution in [0.1, 0.15) is 57.2 Å². The Labute approximate surface area is 235 Å². The molecule has 39 heavy (non-hydrogen) atoms. The Kier molecular flexibility index (Phi) is 9.85. The lowest BCUT2D eigenvalue weighted by Crippen LogP contribution is -2.36. The lowest BCUT2D eigenvalue weighted by Gasteiger charge is -2.28. The molecule has 1 amide bonds. The Morgan fingerprint density at radius 2 is 1.72 bits per heavy atom. The second kappa shape index (κ2) is 12.7. The molecule has 0 saturated carbocycles. The summed E-state index contributed by atoms with van der Waals surface area (Å²) in [6.45, 7) is 14.3. The maximum Gasteiger partial charge on any atom is 0.322 e. The summed E-state index contributed by atoms with van der Waals surface area (Å²) in [7, 11) is 1.61. The average molecular weight is 554 g/mol. The number of hydrogen-bond acceptors (Lipinski definition) is 8. The molecule has 1 heterocycles. The van der Waals surface area contributed by atoms with Gasteiger partial charge in [0.25, 0.3) is 0 Å². The van der Waals surface area contributed by atoms with Crippen LogP contribution in [0.5, 0.6) is 5.75 Å². The highest BCUT2D eigenvalue weighted by Gasteiger charge is 2.33. The molecule has 1 aromatic heterocycles. The molecule has 0 fully saturated rings. The molecule has 210 valence electrons. The maximum absolute atomic E-state index is 13.0. The van der Waals surface area contributed by atoms with Crippen molar-refractivity contribution in [2.24, 2.45) is 0 Å².